The molecule has 2 nitrogen and oxygen atoms in total. The number of nitrogens with one attached hydrogen (secondary N) is 1. The molecule has 0 fully saturated rings. The first-order valence-corrected chi connectivity index (χ1v) is 7.01. The molecule has 3 rings (SSSR count). The summed E-state index contributed by atoms with van der Waals surface area (Å²) in [6.45, 7) is 4.23. The summed E-state index contributed by atoms with van der Waals surface area (Å²) < 4.78 is 0. The molecule has 0 aromatic heterocycles. The van der Waals surface area contributed by atoms with Gasteiger partial charge in [0.15, 0.2) is 0 Å². The molecule has 1 heterocycles. The molecular formula is C17H20N2. The summed E-state index contributed by atoms with van der Waals surface area (Å²) in [5.74, 6) is 0. The average Bonchev–Trinajstić information content (AvgIpc) is 2.88. The van der Waals surface area contributed by atoms with Crippen LogP contribution in [0.5, 0.6) is 0 Å². The van der Waals surface area contributed by atoms with Crippen LogP contribution in [0.2, 0.25) is 0 Å². The van der Waals surface area contributed by atoms with Crippen LogP contribution in [0.25, 0.3) is 0 Å². The van der Waals surface area contributed by atoms with Crippen LogP contribution in [0.3, 0.4) is 0 Å². The Labute approximate surface area is 115 Å². The molecule has 0 atom stereocenters. The molecule has 2 aromatic carbocycles. The molecular weight excluding hydrogens is 232 g/mol. The summed E-state index contributed by atoms with van der Waals surface area (Å²) in [5.41, 5.74) is 4.26. The number of fused-ring (bicyclic) bond motifs is 1. The summed E-state index contributed by atoms with van der Waals surface area (Å²) in [6.07, 6.45) is 1.19. The highest BCUT2D eigenvalue weighted by atomic mass is 15.2. The van der Waals surface area contributed by atoms with E-state index in [-0.39, 0.29) is 0 Å². The van der Waals surface area contributed by atoms with Crippen molar-refractivity contribution in [3.63, 3.8) is 0 Å². The molecule has 0 unspecified atom stereocenters. The lowest BCUT2D eigenvalue weighted by Gasteiger charge is -2.19. The van der Waals surface area contributed by atoms with Crippen molar-refractivity contribution in [3.8, 4) is 0 Å². The summed E-state index contributed by atoms with van der Waals surface area (Å²) in [7, 11) is 0. The maximum absolute atomic E-state index is 3.52. The minimum absolute atomic E-state index is 0.955. The van der Waals surface area contributed by atoms with Crippen molar-refractivity contribution in [1.29, 1.82) is 0 Å². The van der Waals surface area contributed by atoms with Gasteiger partial charge in [0.25, 0.3) is 0 Å². The van der Waals surface area contributed by atoms with Crippen LogP contribution in [0, 0.1) is 0 Å². The van der Waals surface area contributed by atoms with Gasteiger partial charge in [0.05, 0.1) is 0 Å². The van der Waals surface area contributed by atoms with Crippen molar-refractivity contribution in [2.45, 2.75) is 13.0 Å². The normalized spacial score (nSPS) is 13.6. The molecule has 0 bridgehead atoms. The van der Waals surface area contributed by atoms with Gasteiger partial charge in [-0.15, -0.1) is 0 Å². The van der Waals surface area contributed by atoms with Crippen LogP contribution in [0.1, 0.15) is 11.1 Å². The van der Waals surface area contributed by atoms with Gasteiger partial charge in [-0.05, 0) is 23.6 Å². The first-order valence-electron chi connectivity index (χ1n) is 7.01. The van der Waals surface area contributed by atoms with Gasteiger partial charge >= 0.3 is 0 Å². The number of hydrogen-bond acceptors (Lipinski definition) is 2. The van der Waals surface area contributed by atoms with Gasteiger partial charge in [0.1, 0.15) is 0 Å². The first kappa shape index (κ1) is 12.2. The molecule has 19 heavy (non-hydrogen) atoms. The third kappa shape index (κ3) is 2.96. The molecule has 2 aromatic rings. The second-order valence-corrected chi connectivity index (χ2v) is 5.03. The van der Waals surface area contributed by atoms with Gasteiger partial charge in [0, 0.05) is 31.9 Å². The average molecular weight is 252 g/mol. The largest absolute Gasteiger partial charge is 0.370 e. The van der Waals surface area contributed by atoms with E-state index in [1.54, 1.807) is 0 Å². The molecule has 0 radical (unpaired) electrons. The maximum Gasteiger partial charge on any atom is 0.0399 e. The fourth-order valence-electron chi connectivity index (χ4n) is 2.68. The number of rotatable bonds is 5. The second kappa shape index (κ2) is 5.89. The highest BCUT2D eigenvalue weighted by Crippen LogP contribution is 2.26. The number of hydrogen-bond donors (Lipinski definition) is 1. The van der Waals surface area contributed by atoms with Gasteiger partial charge in [-0.2, -0.15) is 0 Å². The van der Waals surface area contributed by atoms with E-state index in [2.05, 4.69) is 64.8 Å². The van der Waals surface area contributed by atoms with E-state index in [0.29, 0.717) is 0 Å². The van der Waals surface area contributed by atoms with Gasteiger partial charge in [-0.25, -0.2) is 0 Å². The Balaban J connectivity index is 1.47. The number of nitrogens with zero attached hydrogens (tertiary/aromatic N) is 1. The van der Waals surface area contributed by atoms with E-state index < -0.39 is 0 Å². The summed E-state index contributed by atoms with van der Waals surface area (Å²) >= 11 is 0. The van der Waals surface area contributed by atoms with E-state index in [1.807, 2.05) is 0 Å². The molecule has 1 aliphatic heterocycles. The molecule has 0 spiro atoms. The third-order valence-electron chi connectivity index (χ3n) is 3.71. The molecule has 0 saturated carbocycles. The van der Waals surface area contributed by atoms with E-state index in [1.165, 1.54) is 23.2 Å². The zero-order valence-electron chi connectivity index (χ0n) is 11.2. The molecule has 2 heteroatoms. The Morgan fingerprint density at radius 2 is 1.74 bits per heavy atom. The van der Waals surface area contributed by atoms with Gasteiger partial charge in [-0.1, -0.05) is 48.5 Å². The minimum Gasteiger partial charge on any atom is -0.370 e. The van der Waals surface area contributed by atoms with Gasteiger partial charge in [-0.3, -0.25) is 0 Å². The highest BCUT2D eigenvalue weighted by Gasteiger charge is 2.16. The zero-order chi connectivity index (χ0) is 12.9. The number of benzene rings is 2. The van der Waals surface area contributed by atoms with Crippen LogP contribution in [0.15, 0.2) is 54.6 Å². The Hall–Kier alpha value is -1.80. The lowest BCUT2D eigenvalue weighted by Crippen LogP contribution is -2.30. The van der Waals surface area contributed by atoms with Crippen molar-refractivity contribution in [3.05, 3.63) is 65.7 Å². The quantitative estimate of drug-likeness (QED) is 0.823. The fraction of sp³-hybridized carbons (Fsp3) is 0.294. The van der Waals surface area contributed by atoms with Crippen LogP contribution in [-0.2, 0) is 13.0 Å². The van der Waals surface area contributed by atoms with E-state index >= 15 is 0 Å². The van der Waals surface area contributed by atoms with Crippen LogP contribution >= 0.6 is 0 Å². The van der Waals surface area contributed by atoms with Crippen molar-refractivity contribution in [2.75, 3.05) is 24.5 Å². The molecule has 98 valence electrons. The Morgan fingerprint density at radius 1 is 0.947 bits per heavy atom. The first-order chi connectivity index (χ1) is 9.43. The monoisotopic (exact) mass is 252 g/mol. The molecule has 0 amide bonds. The topological polar surface area (TPSA) is 15.3 Å². The lowest BCUT2D eigenvalue weighted by atomic mass is 10.2. The molecule has 0 saturated heterocycles. The number of anilines is 1. The fourth-order valence-corrected chi connectivity index (χ4v) is 2.68. The van der Waals surface area contributed by atoms with Crippen LogP contribution in [-0.4, -0.2) is 19.6 Å². The summed E-state index contributed by atoms with van der Waals surface area (Å²) in [6, 6.07) is 19.3. The van der Waals surface area contributed by atoms with Gasteiger partial charge < -0.3 is 10.2 Å². The predicted octanol–water partition coefficient (Wildman–Crippen LogP) is 2.84. The number of para-hydroxylation sites is 1. The van der Waals surface area contributed by atoms with Crippen LogP contribution in [0.4, 0.5) is 5.69 Å². The van der Waals surface area contributed by atoms with E-state index in [0.717, 1.165) is 26.2 Å². The smallest absolute Gasteiger partial charge is 0.0399 e. The minimum atomic E-state index is 0.955. The molecule has 1 N–H and O–H groups in total. The Kier molecular flexibility index (Phi) is 3.80. The predicted molar refractivity (Wildman–Crippen MR) is 80.5 cm³/mol. The van der Waals surface area contributed by atoms with Gasteiger partial charge in [0.2, 0.25) is 0 Å². The second-order valence-electron chi connectivity index (χ2n) is 5.03. The maximum atomic E-state index is 3.52. The van der Waals surface area contributed by atoms with E-state index in [4.69, 9.17) is 0 Å². The van der Waals surface area contributed by atoms with Crippen molar-refractivity contribution in [2.24, 2.45) is 0 Å². The molecule has 1 aliphatic rings. The Morgan fingerprint density at radius 3 is 2.63 bits per heavy atom. The Bertz CT molecular complexity index is 522. The SMILES string of the molecule is c1ccc(CNCCN2CCc3ccccc32)cc1. The molecule has 0 aliphatic carbocycles. The third-order valence-corrected chi connectivity index (χ3v) is 3.71. The van der Waals surface area contributed by atoms with Crippen molar-refractivity contribution < 1.29 is 0 Å². The van der Waals surface area contributed by atoms with Crippen LogP contribution < -0.4 is 10.2 Å². The van der Waals surface area contributed by atoms with Crippen molar-refractivity contribution >= 4 is 5.69 Å². The summed E-state index contributed by atoms with van der Waals surface area (Å²) in [5, 5.41) is 3.52. The standard InChI is InChI=1S/C17H20N2/c1-2-6-15(7-3-1)14-18-11-13-19-12-10-16-8-4-5-9-17(16)19/h1-9,18H,10-14H2. The highest BCUT2D eigenvalue weighted by molar-refractivity contribution is 5.57. The zero-order valence-corrected chi connectivity index (χ0v) is 11.2. The summed E-state index contributed by atoms with van der Waals surface area (Å²) in [4.78, 5) is 2.48. The van der Waals surface area contributed by atoms with E-state index in [9.17, 15) is 0 Å². The van der Waals surface area contributed by atoms with Crippen molar-refractivity contribution in [1.82, 2.24) is 5.32 Å². The lowest BCUT2D eigenvalue weighted by molar-refractivity contribution is 0.668.